The third kappa shape index (κ3) is 5.35. The number of nitrogens with zero attached hydrogens (tertiary/aromatic N) is 2. The van der Waals surface area contributed by atoms with Crippen LogP contribution >= 0.6 is 0 Å². The minimum Gasteiger partial charge on any atom is -0.472 e. The van der Waals surface area contributed by atoms with Gasteiger partial charge in [-0.05, 0) is 18.2 Å². The van der Waals surface area contributed by atoms with Gasteiger partial charge >= 0.3 is 0 Å². The van der Waals surface area contributed by atoms with E-state index in [1.165, 1.54) is 6.07 Å². The van der Waals surface area contributed by atoms with Crippen molar-refractivity contribution in [1.82, 2.24) is 4.98 Å². The molecule has 1 aromatic carbocycles. The van der Waals surface area contributed by atoms with Gasteiger partial charge in [0, 0.05) is 11.8 Å². The molecule has 1 aromatic heterocycles. The number of alkyl halides is 2. The topological polar surface area (TPSA) is 72.5 Å². The van der Waals surface area contributed by atoms with E-state index in [1.54, 1.807) is 12.1 Å². The molecule has 0 saturated heterocycles. The summed E-state index contributed by atoms with van der Waals surface area (Å²) in [4.78, 5) is 8.22. The molecule has 22 heavy (non-hydrogen) atoms. The number of guanidine groups is 1. The summed E-state index contributed by atoms with van der Waals surface area (Å²) < 4.78 is 29.0. The molecule has 2 aromatic rings. The zero-order valence-electron chi connectivity index (χ0n) is 11.7. The molecular weight excluding hydrogens is 290 g/mol. The molecule has 0 atom stereocenters. The van der Waals surface area contributed by atoms with Crippen LogP contribution in [0.2, 0.25) is 0 Å². The van der Waals surface area contributed by atoms with Gasteiger partial charge in [0.05, 0.1) is 12.2 Å². The highest BCUT2D eigenvalue weighted by atomic mass is 19.3. The SMILES string of the molecule is NC(=NCc1cccc(OCC(F)F)n1)Nc1ccccc1. The number of benzene rings is 1. The highest BCUT2D eigenvalue weighted by Gasteiger charge is 2.05. The van der Waals surface area contributed by atoms with Crippen molar-refractivity contribution >= 4 is 11.6 Å². The molecule has 0 fully saturated rings. The summed E-state index contributed by atoms with van der Waals surface area (Å²) in [6.45, 7) is -0.463. The fraction of sp³-hybridized carbons (Fsp3) is 0.200. The average Bonchev–Trinajstić information content (AvgIpc) is 2.52. The number of nitrogens with one attached hydrogen (secondary N) is 1. The highest BCUT2D eigenvalue weighted by Crippen LogP contribution is 2.10. The van der Waals surface area contributed by atoms with E-state index in [2.05, 4.69) is 15.3 Å². The van der Waals surface area contributed by atoms with Crippen molar-refractivity contribution < 1.29 is 13.5 Å². The lowest BCUT2D eigenvalue weighted by atomic mass is 10.3. The van der Waals surface area contributed by atoms with Crippen LogP contribution in [0.1, 0.15) is 5.69 Å². The summed E-state index contributed by atoms with van der Waals surface area (Å²) in [5, 5.41) is 2.94. The lowest BCUT2D eigenvalue weighted by molar-refractivity contribution is 0.0795. The van der Waals surface area contributed by atoms with Crippen LogP contribution in [0.5, 0.6) is 5.88 Å². The summed E-state index contributed by atoms with van der Waals surface area (Å²) in [5.74, 6) is 0.384. The van der Waals surface area contributed by atoms with E-state index in [1.807, 2.05) is 30.3 Å². The Bertz CT molecular complexity index is 620. The molecule has 7 heteroatoms. The van der Waals surface area contributed by atoms with Crippen molar-refractivity contribution in [2.24, 2.45) is 10.7 Å². The summed E-state index contributed by atoms with van der Waals surface area (Å²) in [6.07, 6.45) is -2.53. The normalized spacial score (nSPS) is 11.5. The average molecular weight is 306 g/mol. The van der Waals surface area contributed by atoms with Crippen LogP contribution in [0.3, 0.4) is 0 Å². The molecule has 0 aliphatic rings. The molecule has 0 radical (unpaired) electrons. The van der Waals surface area contributed by atoms with Crippen LogP contribution in [-0.4, -0.2) is 24.0 Å². The first-order valence-electron chi connectivity index (χ1n) is 6.62. The zero-order valence-corrected chi connectivity index (χ0v) is 11.7. The first-order chi connectivity index (χ1) is 10.6. The predicted molar refractivity (Wildman–Crippen MR) is 81.1 cm³/mol. The number of hydrogen-bond acceptors (Lipinski definition) is 3. The van der Waals surface area contributed by atoms with E-state index in [-0.39, 0.29) is 18.4 Å². The zero-order chi connectivity index (χ0) is 15.8. The third-order valence-corrected chi connectivity index (χ3v) is 2.60. The second kappa shape index (κ2) is 7.92. The Labute approximate surface area is 126 Å². The van der Waals surface area contributed by atoms with Crippen molar-refractivity contribution in [2.45, 2.75) is 13.0 Å². The first kappa shape index (κ1) is 15.7. The Kier molecular flexibility index (Phi) is 5.65. The standard InChI is InChI=1S/C15H16F2N4O/c16-13(17)10-22-14-8-4-7-12(20-14)9-19-15(18)21-11-5-2-1-3-6-11/h1-8,13H,9-10H2,(H3,18,19,21). The van der Waals surface area contributed by atoms with E-state index in [0.29, 0.717) is 5.69 Å². The molecule has 0 aliphatic heterocycles. The van der Waals surface area contributed by atoms with Gasteiger partial charge in [-0.1, -0.05) is 24.3 Å². The molecule has 1 heterocycles. The van der Waals surface area contributed by atoms with Gasteiger partial charge in [0.25, 0.3) is 6.43 Å². The van der Waals surface area contributed by atoms with Crippen LogP contribution < -0.4 is 15.8 Å². The van der Waals surface area contributed by atoms with E-state index in [0.717, 1.165) is 5.69 Å². The van der Waals surface area contributed by atoms with E-state index < -0.39 is 13.0 Å². The van der Waals surface area contributed by atoms with Crippen LogP contribution in [0.4, 0.5) is 14.5 Å². The summed E-state index contributed by atoms with van der Waals surface area (Å²) >= 11 is 0. The Hall–Kier alpha value is -2.70. The highest BCUT2D eigenvalue weighted by molar-refractivity contribution is 5.92. The minimum absolute atomic E-state index is 0.141. The molecule has 0 aliphatic carbocycles. The number of aromatic nitrogens is 1. The monoisotopic (exact) mass is 306 g/mol. The fourth-order valence-corrected chi connectivity index (χ4v) is 1.65. The van der Waals surface area contributed by atoms with E-state index in [4.69, 9.17) is 10.5 Å². The number of nitrogens with two attached hydrogens (primary N) is 1. The fourth-order valence-electron chi connectivity index (χ4n) is 1.65. The molecule has 0 bridgehead atoms. The van der Waals surface area contributed by atoms with Gasteiger partial charge in [0.2, 0.25) is 5.88 Å². The third-order valence-electron chi connectivity index (χ3n) is 2.60. The molecular formula is C15H16F2N4O. The number of para-hydroxylation sites is 1. The second-order valence-electron chi connectivity index (χ2n) is 4.36. The van der Waals surface area contributed by atoms with E-state index >= 15 is 0 Å². The van der Waals surface area contributed by atoms with Gasteiger partial charge in [-0.2, -0.15) is 0 Å². The number of aliphatic imine (C=N–C) groups is 1. The molecule has 0 unspecified atom stereocenters. The molecule has 116 valence electrons. The van der Waals surface area contributed by atoms with Crippen molar-refractivity contribution in [3.8, 4) is 5.88 Å². The van der Waals surface area contributed by atoms with Gasteiger partial charge in [-0.15, -0.1) is 0 Å². The summed E-state index contributed by atoms with van der Waals surface area (Å²) in [7, 11) is 0. The number of anilines is 1. The van der Waals surface area contributed by atoms with Crippen molar-refractivity contribution in [2.75, 3.05) is 11.9 Å². The van der Waals surface area contributed by atoms with Crippen molar-refractivity contribution in [1.29, 1.82) is 0 Å². The second-order valence-corrected chi connectivity index (χ2v) is 4.36. The number of rotatable bonds is 6. The Morgan fingerprint density at radius 3 is 2.68 bits per heavy atom. The summed E-state index contributed by atoms with van der Waals surface area (Å²) in [5.41, 5.74) is 7.17. The van der Waals surface area contributed by atoms with Gasteiger partial charge < -0.3 is 15.8 Å². The number of ether oxygens (including phenoxy) is 1. The van der Waals surface area contributed by atoms with Crippen LogP contribution in [-0.2, 0) is 6.54 Å². The number of pyridine rings is 1. The van der Waals surface area contributed by atoms with Crippen molar-refractivity contribution in [3.05, 3.63) is 54.2 Å². The van der Waals surface area contributed by atoms with Gasteiger partial charge in [0.15, 0.2) is 12.6 Å². The Balaban J connectivity index is 1.92. The molecule has 0 saturated carbocycles. The first-order valence-corrected chi connectivity index (χ1v) is 6.62. The Morgan fingerprint density at radius 2 is 1.95 bits per heavy atom. The predicted octanol–water partition coefficient (Wildman–Crippen LogP) is 2.65. The van der Waals surface area contributed by atoms with Crippen LogP contribution in [0, 0.1) is 0 Å². The maximum atomic E-state index is 12.1. The quantitative estimate of drug-likeness (QED) is 0.635. The Morgan fingerprint density at radius 1 is 1.18 bits per heavy atom. The number of hydrogen-bond donors (Lipinski definition) is 2. The molecule has 3 N–H and O–H groups in total. The van der Waals surface area contributed by atoms with Crippen LogP contribution in [0.15, 0.2) is 53.5 Å². The molecule has 5 nitrogen and oxygen atoms in total. The molecule has 0 spiro atoms. The largest absolute Gasteiger partial charge is 0.472 e. The van der Waals surface area contributed by atoms with Crippen molar-refractivity contribution in [3.63, 3.8) is 0 Å². The molecule has 0 amide bonds. The minimum atomic E-state index is -2.53. The van der Waals surface area contributed by atoms with Gasteiger partial charge in [-0.25, -0.2) is 18.8 Å². The van der Waals surface area contributed by atoms with E-state index in [9.17, 15) is 8.78 Å². The lowest BCUT2D eigenvalue weighted by Crippen LogP contribution is -2.22. The van der Waals surface area contributed by atoms with Gasteiger partial charge in [0.1, 0.15) is 0 Å². The molecule has 2 rings (SSSR count). The van der Waals surface area contributed by atoms with Gasteiger partial charge in [-0.3, -0.25) is 0 Å². The lowest BCUT2D eigenvalue weighted by Gasteiger charge is -2.07. The summed E-state index contributed by atoms with van der Waals surface area (Å²) in [6, 6.07) is 14.3. The maximum Gasteiger partial charge on any atom is 0.272 e. The number of halogens is 2. The van der Waals surface area contributed by atoms with Crippen LogP contribution in [0.25, 0.3) is 0 Å². The maximum absolute atomic E-state index is 12.1. The smallest absolute Gasteiger partial charge is 0.272 e.